The summed E-state index contributed by atoms with van der Waals surface area (Å²) in [5.74, 6) is -4.90. The van der Waals surface area contributed by atoms with Crippen molar-refractivity contribution in [1.29, 1.82) is 0 Å². The molecule has 0 amide bonds. The summed E-state index contributed by atoms with van der Waals surface area (Å²) in [6, 6.07) is 23.0. The number of carbonyl (C=O) groups excluding carboxylic acids is 2. The van der Waals surface area contributed by atoms with E-state index in [4.69, 9.17) is 0 Å². The number of fused-ring (bicyclic) bond motifs is 1. The van der Waals surface area contributed by atoms with Gasteiger partial charge < -0.3 is 5.32 Å². The van der Waals surface area contributed by atoms with Crippen LogP contribution < -0.4 is 5.32 Å². The molecule has 3 aromatic carbocycles. The first-order chi connectivity index (χ1) is 15.3. The van der Waals surface area contributed by atoms with Gasteiger partial charge >= 0.3 is 6.18 Å². The van der Waals surface area contributed by atoms with Crippen molar-refractivity contribution in [3.8, 4) is 0 Å². The van der Waals surface area contributed by atoms with Gasteiger partial charge in [-0.15, -0.1) is 11.3 Å². The number of benzene rings is 3. The summed E-state index contributed by atoms with van der Waals surface area (Å²) in [7, 11) is 0. The third kappa shape index (κ3) is 4.57. The van der Waals surface area contributed by atoms with Crippen LogP contribution in [0.1, 0.15) is 21.3 Å². The molecule has 0 radical (unpaired) electrons. The van der Waals surface area contributed by atoms with Crippen molar-refractivity contribution >= 4 is 39.4 Å². The fourth-order valence-electron chi connectivity index (χ4n) is 3.65. The predicted molar refractivity (Wildman–Crippen MR) is 120 cm³/mol. The fraction of sp³-hybridized carbons (Fsp3) is 0.120. The minimum Gasteiger partial charge on any atom is -0.377 e. The van der Waals surface area contributed by atoms with Crippen LogP contribution in [-0.4, -0.2) is 17.7 Å². The number of hydrogen-bond acceptors (Lipinski definition) is 4. The van der Waals surface area contributed by atoms with Crippen molar-refractivity contribution in [2.45, 2.75) is 12.2 Å². The largest absolute Gasteiger partial charge is 0.450 e. The maximum atomic E-state index is 13.6. The van der Waals surface area contributed by atoms with E-state index in [2.05, 4.69) is 5.32 Å². The number of anilines is 1. The van der Waals surface area contributed by atoms with Gasteiger partial charge in [0, 0.05) is 5.69 Å². The lowest BCUT2D eigenvalue weighted by atomic mass is 9.85. The Balaban J connectivity index is 1.81. The number of thiophene rings is 1. The van der Waals surface area contributed by atoms with E-state index >= 15 is 0 Å². The lowest BCUT2D eigenvalue weighted by Gasteiger charge is -2.28. The Morgan fingerprint density at radius 2 is 1.50 bits per heavy atom. The first-order valence-corrected chi connectivity index (χ1v) is 10.7. The van der Waals surface area contributed by atoms with Gasteiger partial charge in [-0.3, -0.25) is 9.59 Å². The minimum absolute atomic E-state index is 0.105. The lowest BCUT2D eigenvalue weighted by molar-refractivity contribution is -0.174. The van der Waals surface area contributed by atoms with Crippen LogP contribution in [0, 0.1) is 5.92 Å². The summed E-state index contributed by atoms with van der Waals surface area (Å²) < 4.78 is 40.8. The highest BCUT2D eigenvalue weighted by molar-refractivity contribution is 7.12. The van der Waals surface area contributed by atoms with Crippen LogP contribution in [0.5, 0.6) is 0 Å². The van der Waals surface area contributed by atoms with Gasteiger partial charge in [0.25, 0.3) is 0 Å². The van der Waals surface area contributed by atoms with Crippen molar-refractivity contribution in [3.63, 3.8) is 0 Å². The summed E-state index contributed by atoms with van der Waals surface area (Å²) in [5, 5.41) is 6.49. The van der Waals surface area contributed by atoms with Gasteiger partial charge in [0.05, 0.1) is 10.9 Å². The van der Waals surface area contributed by atoms with Crippen molar-refractivity contribution in [2.75, 3.05) is 5.32 Å². The summed E-state index contributed by atoms with van der Waals surface area (Å²) in [6.45, 7) is 0. The quantitative estimate of drug-likeness (QED) is 0.251. The van der Waals surface area contributed by atoms with Crippen LogP contribution in [0.25, 0.3) is 10.8 Å². The van der Waals surface area contributed by atoms with E-state index in [9.17, 15) is 22.8 Å². The molecule has 0 saturated carbocycles. The number of halogens is 3. The molecule has 32 heavy (non-hydrogen) atoms. The number of ketones is 2. The van der Waals surface area contributed by atoms with E-state index in [-0.39, 0.29) is 4.88 Å². The van der Waals surface area contributed by atoms with Gasteiger partial charge in [-0.25, -0.2) is 0 Å². The minimum atomic E-state index is -5.16. The van der Waals surface area contributed by atoms with Gasteiger partial charge in [-0.2, -0.15) is 13.2 Å². The highest BCUT2D eigenvalue weighted by Crippen LogP contribution is 2.36. The zero-order chi connectivity index (χ0) is 22.7. The second-order valence-electron chi connectivity index (χ2n) is 7.28. The smallest absolute Gasteiger partial charge is 0.377 e. The Hall–Kier alpha value is -3.45. The number of Topliss-reactive ketones (excluding diaryl/α,β-unsaturated/α-hetero) is 2. The molecule has 2 atom stereocenters. The molecule has 0 unspecified atom stereocenters. The molecule has 1 N–H and O–H groups in total. The first kappa shape index (κ1) is 21.8. The van der Waals surface area contributed by atoms with E-state index in [0.717, 1.165) is 22.1 Å². The number of hydrogen-bond donors (Lipinski definition) is 1. The van der Waals surface area contributed by atoms with Gasteiger partial charge in [0.2, 0.25) is 5.78 Å². The molecule has 1 heterocycles. The molecule has 0 spiro atoms. The molecule has 0 aliphatic heterocycles. The van der Waals surface area contributed by atoms with Crippen molar-refractivity contribution < 1.29 is 22.8 Å². The average molecular weight is 453 g/mol. The van der Waals surface area contributed by atoms with E-state index < -0.39 is 29.7 Å². The van der Waals surface area contributed by atoms with Gasteiger partial charge in [-0.05, 0) is 39.9 Å². The summed E-state index contributed by atoms with van der Waals surface area (Å²) in [4.78, 5) is 25.8. The van der Waals surface area contributed by atoms with E-state index in [0.29, 0.717) is 11.3 Å². The molecule has 162 valence electrons. The van der Waals surface area contributed by atoms with Crippen molar-refractivity contribution in [2.24, 2.45) is 5.92 Å². The van der Waals surface area contributed by atoms with Crippen LogP contribution in [0.2, 0.25) is 0 Å². The highest BCUT2D eigenvalue weighted by Gasteiger charge is 2.50. The van der Waals surface area contributed by atoms with Gasteiger partial charge in [0.1, 0.15) is 5.92 Å². The molecule has 4 aromatic rings. The molecule has 0 saturated heterocycles. The van der Waals surface area contributed by atoms with Gasteiger partial charge in [0.15, 0.2) is 5.78 Å². The van der Waals surface area contributed by atoms with Crippen LogP contribution in [0.3, 0.4) is 0 Å². The number of nitrogens with one attached hydrogen (secondary N) is 1. The first-order valence-electron chi connectivity index (χ1n) is 9.83. The van der Waals surface area contributed by atoms with Crippen LogP contribution in [0.4, 0.5) is 18.9 Å². The van der Waals surface area contributed by atoms with Crippen molar-refractivity contribution in [3.05, 3.63) is 101 Å². The lowest BCUT2D eigenvalue weighted by Crippen LogP contribution is -2.41. The Bertz CT molecular complexity index is 1240. The Morgan fingerprint density at radius 3 is 2.16 bits per heavy atom. The maximum absolute atomic E-state index is 13.6. The Morgan fingerprint density at radius 1 is 0.812 bits per heavy atom. The molecule has 0 aliphatic rings. The van der Waals surface area contributed by atoms with E-state index in [1.165, 1.54) is 6.07 Å². The second kappa shape index (κ2) is 8.96. The molecule has 0 fully saturated rings. The zero-order valence-corrected chi connectivity index (χ0v) is 17.5. The normalized spacial score (nSPS) is 13.5. The summed E-state index contributed by atoms with van der Waals surface area (Å²) in [5.41, 5.74) is 0.921. The fourth-order valence-corrected chi connectivity index (χ4v) is 4.35. The summed E-state index contributed by atoms with van der Waals surface area (Å²) >= 11 is 1.01. The number of carbonyl (C=O) groups is 2. The molecule has 0 aliphatic carbocycles. The van der Waals surface area contributed by atoms with Crippen LogP contribution in [0.15, 0.2) is 90.3 Å². The number of alkyl halides is 3. The molecule has 3 nitrogen and oxygen atoms in total. The van der Waals surface area contributed by atoms with E-state index in [1.807, 2.05) is 30.3 Å². The summed E-state index contributed by atoms with van der Waals surface area (Å²) in [6.07, 6.45) is -5.16. The third-order valence-electron chi connectivity index (χ3n) is 5.17. The molecule has 0 bridgehead atoms. The molecule has 1 aromatic heterocycles. The highest BCUT2D eigenvalue weighted by atomic mass is 32.1. The van der Waals surface area contributed by atoms with E-state index in [1.54, 1.807) is 53.9 Å². The van der Waals surface area contributed by atoms with Crippen molar-refractivity contribution in [1.82, 2.24) is 0 Å². The third-order valence-corrected chi connectivity index (χ3v) is 6.06. The molecular formula is C25H18F3NO2S. The zero-order valence-electron chi connectivity index (χ0n) is 16.7. The second-order valence-corrected chi connectivity index (χ2v) is 8.22. The monoisotopic (exact) mass is 453 g/mol. The standard InChI is InChI=1S/C25H18F3NO2S/c26-25(27,28)24(31)21(23(30)20-11-6-14-32-20)22(17-8-2-1-3-9-17)29-19-13-12-16-7-4-5-10-18(16)15-19/h1-15,21-22,29H/t21-,22+/m1/s1. The maximum Gasteiger partial charge on any atom is 0.450 e. The molecule has 7 heteroatoms. The molecular weight excluding hydrogens is 435 g/mol. The topological polar surface area (TPSA) is 46.2 Å². The SMILES string of the molecule is O=C(c1cccs1)[C@H](C(=O)C(F)(F)F)[C@@H](Nc1ccc2ccccc2c1)c1ccccc1. The van der Waals surface area contributed by atoms with Crippen LogP contribution in [-0.2, 0) is 4.79 Å². The molecule has 4 rings (SSSR count). The van der Waals surface area contributed by atoms with Gasteiger partial charge in [-0.1, -0.05) is 66.7 Å². The Labute approximate surface area is 186 Å². The van der Waals surface area contributed by atoms with Crippen LogP contribution >= 0.6 is 11.3 Å². The predicted octanol–water partition coefficient (Wildman–Crippen LogP) is 6.69. The average Bonchev–Trinajstić information content (AvgIpc) is 3.33. The number of rotatable bonds is 7. The Kier molecular flexibility index (Phi) is 6.10.